The van der Waals surface area contributed by atoms with Crippen molar-refractivity contribution in [2.24, 2.45) is 0 Å². The molecule has 3 rings (SSSR count). The van der Waals surface area contributed by atoms with Crippen LogP contribution in [0, 0.1) is 12.7 Å². The Hall–Kier alpha value is -3.43. The summed E-state index contributed by atoms with van der Waals surface area (Å²) in [5.41, 5.74) is 2.46. The number of hydrogen-bond donors (Lipinski definition) is 0. The minimum atomic E-state index is -0.420. The number of thiophene rings is 1. The maximum absolute atomic E-state index is 13.7. The van der Waals surface area contributed by atoms with Crippen molar-refractivity contribution in [3.05, 3.63) is 81.3 Å². The van der Waals surface area contributed by atoms with Gasteiger partial charge in [0, 0.05) is 37.2 Å². The van der Waals surface area contributed by atoms with E-state index in [4.69, 9.17) is 14.2 Å². The van der Waals surface area contributed by atoms with Crippen molar-refractivity contribution < 1.29 is 28.2 Å². The summed E-state index contributed by atoms with van der Waals surface area (Å²) < 4.78 is 29.3. The van der Waals surface area contributed by atoms with E-state index in [2.05, 4.69) is 0 Å². The number of carbonyl (C=O) groups excluding carboxylic acids is 2. The molecule has 0 saturated heterocycles. The molecule has 0 fully saturated rings. The normalized spacial score (nSPS) is 10.8. The average Bonchev–Trinajstić information content (AvgIpc) is 3.34. The average molecular weight is 543 g/mol. The molecule has 204 valence electrons. The van der Waals surface area contributed by atoms with Gasteiger partial charge in [0.05, 0.1) is 20.8 Å². The summed E-state index contributed by atoms with van der Waals surface area (Å²) in [6.07, 6.45) is 1.18. The fraction of sp³-hybridized carbons (Fsp3) is 0.379. The summed E-state index contributed by atoms with van der Waals surface area (Å²) in [4.78, 5) is 31.3. The molecule has 0 unspecified atom stereocenters. The van der Waals surface area contributed by atoms with Gasteiger partial charge in [-0.3, -0.25) is 9.59 Å². The number of ether oxygens (including phenoxy) is 3. The van der Waals surface area contributed by atoms with Crippen LogP contribution in [0.2, 0.25) is 0 Å². The molecule has 1 heterocycles. The number of carbonyl (C=O) groups is 2. The zero-order chi connectivity index (χ0) is 27.5. The number of hydrogen-bond acceptors (Lipinski definition) is 6. The second-order valence-corrected chi connectivity index (χ2v) is 9.86. The molecular weight excluding hydrogens is 507 g/mol. The number of rotatable bonds is 14. The van der Waals surface area contributed by atoms with Gasteiger partial charge in [0.25, 0.3) is 5.91 Å². The molecule has 9 heteroatoms. The van der Waals surface area contributed by atoms with Crippen molar-refractivity contribution in [2.75, 3.05) is 47.6 Å². The maximum atomic E-state index is 13.7. The van der Waals surface area contributed by atoms with Crippen molar-refractivity contribution >= 4 is 23.2 Å². The summed E-state index contributed by atoms with van der Waals surface area (Å²) >= 11 is 1.61. The Balaban J connectivity index is 1.80. The lowest BCUT2D eigenvalue weighted by Crippen LogP contribution is -2.44. The minimum absolute atomic E-state index is 0.0870. The van der Waals surface area contributed by atoms with Crippen LogP contribution in [-0.2, 0) is 22.5 Å². The van der Waals surface area contributed by atoms with Gasteiger partial charge in [0.1, 0.15) is 12.4 Å². The predicted molar refractivity (Wildman–Crippen MR) is 147 cm³/mol. The molecule has 0 saturated carbocycles. The van der Waals surface area contributed by atoms with E-state index in [0.29, 0.717) is 56.1 Å². The van der Waals surface area contributed by atoms with Crippen molar-refractivity contribution in [1.29, 1.82) is 0 Å². The van der Waals surface area contributed by atoms with E-state index in [9.17, 15) is 14.0 Å². The Morgan fingerprint density at radius 3 is 2.29 bits per heavy atom. The first-order valence-electron chi connectivity index (χ1n) is 12.4. The van der Waals surface area contributed by atoms with Crippen LogP contribution in [0.4, 0.5) is 4.39 Å². The molecule has 0 aliphatic rings. The van der Waals surface area contributed by atoms with Crippen LogP contribution >= 0.6 is 11.3 Å². The van der Waals surface area contributed by atoms with Gasteiger partial charge >= 0.3 is 0 Å². The van der Waals surface area contributed by atoms with Crippen LogP contribution in [-0.4, -0.2) is 69.2 Å². The Labute approximate surface area is 227 Å². The molecule has 2 amide bonds. The molecule has 38 heavy (non-hydrogen) atoms. The zero-order valence-electron chi connectivity index (χ0n) is 22.4. The van der Waals surface area contributed by atoms with Crippen LogP contribution in [0.5, 0.6) is 11.5 Å². The minimum Gasteiger partial charge on any atom is -0.493 e. The summed E-state index contributed by atoms with van der Waals surface area (Å²) in [5.74, 6) is 0.375. The molecule has 1 aromatic heterocycles. The van der Waals surface area contributed by atoms with E-state index in [1.54, 1.807) is 37.6 Å². The van der Waals surface area contributed by atoms with Crippen molar-refractivity contribution in [3.8, 4) is 11.5 Å². The molecule has 0 aliphatic carbocycles. The monoisotopic (exact) mass is 542 g/mol. The van der Waals surface area contributed by atoms with E-state index in [1.165, 1.54) is 29.2 Å². The third-order valence-electron chi connectivity index (χ3n) is 6.25. The van der Waals surface area contributed by atoms with E-state index in [0.717, 1.165) is 16.0 Å². The summed E-state index contributed by atoms with van der Waals surface area (Å²) in [5, 5.41) is 2.01. The van der Waals surface area contributed by atoms with Gasteiger partial charge in [-0.2, -0.15) is 0 Å². The van der Waals surface area contributed by atoms with E-state index in [-0.39, 0.29) is 18.4 Å². The highest BCUT2D eigenvalue weighted by Gasteiger charge is 2.23. The van der Waals surface area contributed by atoms with Gasteiger partial charge in [-0.25, -0.2) is 4.39 Å². The number of aryl methyl sites for hydroxylation is 1. The Morgan fingerprint density at radius 1 is 0.921 bits per heavy atom. The van der Waals surface area contributed by atoms with Crippen LogP contribution in [0.15, 0.2) is 53.9 Å². The molecule has 0 bridgehead atoms. The largest absolute Gasteiger partial charge is 0.493 e. The molecule has 0 spiro atoms. The fourth-order valence-electron chi connectivity index (χ4n) is 4.02. The molecule has 0 aliphatic heterocycles. The number of amides is 2. The van der Waals surface area contributed by atoms with Crippen molar-refractivity contribution in [2.45, 2.75) is 26.3 Å². The lowest BCUT2D eigenvalue weighted by atomic mass is 10.1. The molecule has 0 N–H and O–H groups in total. The Kier molecular flexibility index (Phi) is 11.1. The molecule has 2 aromatic carbocycles. The number of nitrogens with zero attached hydrogens (tertiary/aromatic N) is 2. The summed E-state index contributed by atoms with van der Waals surface area (Å²) in [7, 11) is 4.77. The smallest absolute Gasteiger partial charge is 0.254 e. The van der Waals surface area contributed by atoms with Crippen LogP contribution in [0.25, 0.3) is 0 Å². The standard InChI is InChI=1S/C29H35FN2O5S/c1-21-13-17-38-27(21)19-31(15-12-22-6-11-25(36-3)26(18-22)37-4)28(33)20-32(14-5-16-35-2)29(34)23-7-9-24(30)10-8-23/h6-11,13,17-18H,5,12,14-16,19-20H2,1-4H3. The first-order valence-corrected chi connectivity index (χ1v) is 13.3. The highest BCUT2D eigenvalue weighted by atomic mass is 32.1. The van der Waals surface area contributed by atoms with E-state index >= 15 is 0 Å². The number of benzene rings is 2. The summed E-state index contributed by atoms with van der Waals surface area (Å²) in [6, 6.07) is 13.1. The third kappa shape index (κ3) is 8.03. The lowest BCUT2D eigenvalue weighted by Gasteiger charge is -2.28. The van der Waals surface area contributed by atoms with Gasteiger partial charge in [-0.05, 0) is 78.7 Å². The Bertz CT molecular complexity index is 1200. The predicted octanol–water partition coefficient (Wildman–Crippen LogP) is 4.96. The van der Waals surface area contributed by atoms with Crippen molar-refractivity contribution in [3.63, 3.8) is 0 Å². The zero-order valence-corrected chi connectivity index (χ0v) is 23.2. The highest BCUT2D eigenvalue weighted by molar-refractivity contribution is 7.10. The van der Waals surface area contributed by atoms with E-state index in [1.807, 2.05) is 36.6 Å². The molecule has 0 radical (unpaired) electrons. The van der Waals surface area contributed by atoms with Crippen LogP contribution in [0.1, 0.15) is 32.8 Å². The van der Waals surface area contributed by atoms with Gasteiger partial charge in [0.2, 0.25) is 5.91 Å². The first kappa shape index (κ1) is 29.1. The first-order chi connectivity index (χ1) is 18.4. The second kappa shape index (κ2) is 14.5. The van der Waals surface area contributed by atoms with Crippen LogP contribution in [0.3, 0.4) is 0 Å². The van der Waals surface area contributed by atoms with Gasteiger partial charge in [-0.15, -0.1) is 11.3 Å². The maximum Gasteiger partial charge on any atom is 0.254 e. The van der Waals surface area contributed by atoms with Crippen molar-refractivity contribution in [1.82, 2.24) is 9.80 Å². The van der Waals surface area contributed by atoms with Gasteiger partial charge in [-0.1, -0.05) is 6.07 Å². The fourth-order valence-corrected chi connectivity index (χ4v) is 4.94. The number of halogens is 1. The quantitative estimate of drug-likeness (QED) is 0.269. The Morgan fingerprint density at radius 2 is 1.66 bits per heavy atom. The molecular formula is C29H35FN2O5S. The van der Waals surface area contributed by atoms with E-state index < -0.39 is 5.82 Å². The summed E-state index contributed by atoms with van der Waals surface area (Å²) in [6.45, 7) is 3.65. The topological polar surface area (TPSA) is 68.3 Å². The molecule has 7 nitrogen and oxygen atoms in total. The number of methoxy groups -OCH3 is 3. The van der Waals surface area contributed by atoms with Gasteiger partial charge in [0.15, 0.2) is 11.5 Å². The second-order valence-electron chi connectivity index (χ2n) is 8.86. The molecule has 0 atom stereocenters. The lowest BCUT2D eigenvalue weighted by molar-refractivity contribution is -0.132. The molecule has 3 aromatic rings. The van der Waals surface area contributed by atoms with Gasteiger partial charge < -0.3 is 24.0 Å². The van der Waals surface area contributed by atoms with Crippen LogP contribution < -0.4 is 9.47 Å². The SMILES string of the molecule is COCCCN(CC(=O)N(CCc1ccc(OC)c(OC)c1)Cc1sccc1C)C(=O)c1ccc(F)cc1. The highest BCUT2D eigenvalue weighted by Crippen LogP contribution is 2.28. The third-order valence-corrected chi connectivity index (χ3v) is 7.26.